The molecule has 0 bridgehead atoms. The summed E-state index contributed by atoms with van der Waals surface area (Å²) in [5, 5.41) is 13.8. The zero-order chi connectivity index (χ0) is 23.0. The lowest BCUT2D eigenvalue weighted by molar-refractivity contribution is 0.0951. The third kappa shape index (κ3) is 3.75. The zero-order valence-electron chi connectivity index (χ0n) is 18.5. The van der Waals surface area contributed by atoms with E-state index in [-0.39, 0.29) is 30.3 Å². The quantitative estimate of drug-likeness (QED) is 0.445. The van der Waals surface area contributed by atoms with Crippen molar-refractivity contribution in [3.05, 3.63) is 76.2 Å². The summed E-state index contributed by atoms with van der Waals surface area (Å²) in [6.07, 6.45) is 1.59. The number of benzene rings is 1. The molecule has 8 nitrogen and oxygen atoms in total. The summed E-state index contributed by atoms with van der Waals surface area (Å²) in [5.41, 5.74) is 11.0. The van der Waals surface area contributed by atoms with Gasteiger partial charge < -0.3 is 20.7 Å². The summed E-state index contributed by atoms with van der Waals surface area (Å²) in [4.78, 5) is 25.9. The second-order valence-corrected chi connectivity index (χ2v) is 7.95. The van der Waals surface area contributed by atoms with Crippen molar-refractivity contribution >= 4 is 22.9 Å². The number of pyridine rings is 1. The zero-order valence-corrected chi connectivity index (χ0v) is 18.5. The molecule has 0 aliphatic rings. The van der Waals surface area contributed by atoms with Gasteiger partial charge in [0.2, 0.25) is 11.8 Å². The van der Waals surface area contributed by atoms with Gasteiger partial charge >= 0.3 is 0 Å². The summed E-state index contributed by atoms with van der Waals surface area (Å²) >= 11 is 0. The van der Waals surface area contributed by atoms with Crippen LogP contribution in [0, 0.1) is 20.8 Å². The average molecular weight is 431 g/mol. The lowest BCUT2D eigenvalue weighted by Gasteiger charge is -2.18. The van der Waals surface area contributed by atoms with Gasteiger partial charge in [0, 0.05) is 29.7 Å². The van der Waals surface area contributed by atoms with Crippen LogP contribution in [-0.2, 0) is 6.54 Å². The van der Waals surface area contributed by atoms with Gasteiger partial charge in [-0.25, -0.2) is 9.97 Å². The minimum Gasteiger partial charge on any atom is -0.493 e. The number of aromatic nitrogens is 4. The highest BCUT2D eigenvalue weighted by molar-refractivity contribution is 6.07. The minimum absolute atomic E-state index is 0.0675. The standard InChI is InChI=1S/C24H26N6O2/c1-13-10-14(2)28-22(31)18(13)11-26-23(32)20-16(4)30(15(3)17-8-6-5-7-9-17)21-19(20)12-27-24(25)29-21/h5-10,12,15H,11H2,1-4H3,(H,26,32)(H,28,31)(H2,25,27,29)/t15-/m1/s1. The molecule has 4 aromatic rings. The molecule has 1 atom stereocenters. The number of rotatable bonds is 5. The van der Waals surface area contributed by atoms with Crippen LogP contribution < -0.4 is 11.1 Å². The molecule has 0 spiro atoms. The molecule has 4 rings (SSSR count). The van der Waals surface area contributed by atoms with Gasteiger partial charge in [-0.05, 0) is 44.9 Å². The van der Waals surface area contributed by atoms with E-state index in [1.54, 1.807) is 6.20 Å². The Kier molecular flexibility index (Phi) is 5.52. The summed E-state index contributed by atoms with van der Waals surface area (Å²) in [7, 11) is 0. The molecule has 0 radical (unpaired) electrons. The van der Waals surface area contributed by atoms with Crippen molar-refractivity contribution < 1.29 is 9.90 Å². The third-order valence-corrected chi connectivity index (χ3v) is 5.78. The van der Waals surface area contributed by atoms with Crippen molar-refractivity contribution in [2.24, 2.45) is 0 Å². The molecule has 0 fully saturated rings. The van der Waals surface area contributed by atoms with E-state index in [1.165, 1.54) is 0 Å². The van der Waals surface area contributed by atoms with E-state index in [2.05, 4.69) is 27.2 Å². The van der Waals surface area contributed by atoms with Crippen molar-refractivity contribution in [3.8, 4) is 5.88 Å². The first-order valence-corrected chi connectivity index (χ1v) is 10.4. The molecule has 3 aromatic heterocycles. The van der Waals surface area contributed by atoms with Crippen molar-refractivity contribution in [1.29, 1.82) is 0 Å². The summed E-state index contributed by atoms with van der Waals surface area (Å²) in [6.45, 7) is 7.79. The van der Waals surface area contributed by atoms with Crippen molar-refractivity contribution in [2.45, 2.75) is 40.3 Å². The van der Waals surface area contributed by atoms with Crippen LogP contribution in [0.5, 0.6) is 5.88 Å². The van der Waals surface area contributed by atoms with Crippen LogP contribution in [0.15, 0.2) is 42.6 Å². The van der Waals surface area contributed by atoms with E-state index in [1.807, 2.05) is 61.7 Å². The molecule has 1 amide bonds. The molecule has 4 N–H and O–H groups in total. The minimum atomic E-state index is -0.278. The molecule has 32 heavy (non-hydrogen) atoms. The van der Waals surface area contributed by atoms with E-state index in [0.29, 0.717) is 22.2 Å². The van der Waals surface area contributed by atoms with Gasteiger partial charge in [0.1, 0.15) is 5.65 Å². The van der Waals surface area contributed by atoms with E-state index < -0.39 is 0 Å². The van der Waals surface area contributed by atoms with Gasteiger partial charge in [-0.2, -0.15) is 4.98 Å². The fourth-order valence-corrected chi connectivity index (χ4v) is 4.18. The van der Waals surface area contributed by atoms with Crippen LogP contribution in [0.25, 0.3) is 11.0 Å². The van der Waals surface area contributed by atoms with E-state index in [9.17, 15) is 9.90 Å². The topological polar surface area (TPSA) is 119 Å². The third-order valence-electron chi connectivity index (χ3n) is 5.78. The largest absolute Gasteiger partial charge is 0.493 e. The van der Waals surface area contributed by atoms with Gasteiger partial charge in [0.05, 0.1) is 17.0 Å². The van der Waals surface area contributed by atoms with Crippen LogP contribution >= 0.6 is 0 Å². The number of fused-ring (bicyclic) bond motifs is 1. The van der Waals surface area contributed by atoms with E-state index in [4.69, 9.17) is 5.73 Å². The molecule has 0 unspecified atom stereocenters. The SMILES string of the molecule is Cc1cc(C)c(CNC(=O)c2c(C)n([C@H](C)c3ccccc3)c3nc(N)ncc23)c(O)n1. The van der Waals surface area contributed by atoms with Crippen LogP contribution in [-0.4, -0.2) is 30.5 Å². The first-order valence-electron chi connectivity index (χ1n) is 10.4. The fraction of sp³-hybridized carbons (Fsp3) is 0.250. The number of carbonyl (C=O) groups excluding carboxylic acids is 1. The van der Waals surface area contributed by atoms with E-state index in [0.717, 1.165) is 22.5 Å². The van der Waals surface area contributed by atoms with Gasteiger partial charge in [-0.15, -0.1) is 0 Å². The Balaban J connectivity index is 1.75. The maximum Gasteiger partial charge on any atom is 0.254 e. The normalized spacial score (nSPS) is 12.1. The van der Waals surface area contributed by atoms with Gasteiger partial charge in [0.25, 0.3) is 5.91 Å². The molecule has 1 aromatic carbocycles. The van der Waals surface area contributed by atoms with E-state index >= 15 is 0 Å². The predicted molar refractivity (Wildman–Crippen MR) is 123 cm³/mol. The summed E-state index contributed by atoms with van der Waals surface area (Å²) < 4.78 is 2.01. The lowest BCUT2D eigenvalue weighted by Crippen LogP contribution is -2.24. The lowest BCUT2D eigenvalue weighted by atomic mass is 10.1. The Morgan fingerprint density at radius 3 is 2.59 bits per heavy atom. The number of hydrogen-bond donors (Lipinski definition) is 3. The fourth-order valence-electron chi connectivity index (χ4n) is 4.18. The summed E-state index contributed by atoms with van der Waals surface area (Å²) in [6, 6.07) is 11.8. The van der Waals surface area contributed by atoms with Gasteiger partial charge in [-0.3, -0.25) is 4.79 Å². The van der Waals surface area contributed by atoms with Gasteiger partial charge in [0.15, 0.2) is 0 Å². The molecule has 0 aliphatic heterocycles. The molecule has 164 valence electrons. The first kappa shape index (κ1) is 21.3. The monoisotopic (exact) mass is 430 g/mol. The van der Waals surface area contributed by atoms with Crippen molar-refractivity contribution in [3.63, 3.8) is 0 Å². The average Bonchev–Trinajstić information content (AvgIpc) is 3.03. The number of amides is 1. The number of aryl methyl sites for hydroxylation is 2. The highest BCUT2D eigenvalue weighted by Crippen LogP contribution is 2.31. The van der Waals surface area contributed by atoms with Crippen LogP contribution in [0.2, 0.25) is 0 Å². The highest BCUT2D eigenvalue weighted by Gasteiger charge is 2.25. The highest BCUT2D eigenvalue weighted by atomic mass is 16.3. The van der Waals surface area contributed by atoms with Crippen molar-refractivity contribution in [2.75, 3.05) is 5.73 Å². The van der Waals surface area contributed by atoms with Crippen molar-refractivity contribution in [1.82, 2.24) is 24.8 Å². The molecule has 8 heteroatoms. The number of hydrogen-bond acceptors (Lipinski definition) is 6. The Labute approximate surface area is 186 Å². The molecule has 3 heterocycles. The Morgan fingerprint density at radius 1 is 1.19 bits per heavy atom. The smallest absolute Gasteiger partial charge is 0.254 e. The number of anilines is 1. The molecule has 0 aliphatic carbocycles. The number of carbonyl (C=O) groups is 1. The van der Waals surface area contributed by atoms with Gasteiger partial charge in [-0.1, -0.05) is 30.3 Å². The maximum absolute atomic E-state index is 13.3. The maximum atomic E-state index is 13.3. The number of nitrogens with one attached hydrogen (secondary N) is 1. The Hall–Kier alpha value is -3.94. The molecular weight excluding hydrogens is 404 g/mol. The number of aromatic hydroxyl groups is 1. The van der Waals surface area contributed by atoms with Crippen LogP contribution in [0.1, 0.15) is 51.4 Å². The second kappa shape index (κ2) is 8.30. The number of nitrogens with two attached hydrogens (primary N) is 1. The first-order chi connectivity index (χ1) is 15.3. The molecule has 0 saturated carbocycles. The van der Waals surface area contributed by atoms with Crippen LogP contribution in [0.3, 0.4) is 0 Å². The Morgan fingerprint density at radius 2 is 1.91 bits per heavy atom. The predicted octanol–water partition coefficient (Wildman–Crippen LogP) is 3.58. The molecular formula is C24H26N6O2. The Bertz CT molecular complexity index is 1290. The summed E-state index contributed by atoms with van der Waals surface area (Å²) in [5.74, 6) is -0.204. The number of nitrogens with zero attached hydrogens (tertiary/aromatic N) is 4. The molecule has 0 saturated heterocycles. The van der Waals surface area contributed by atoms with Crippen LogP contribution in [0.4, 0.5) is 5.95 Å². The second-order valence-electron chi connectivity index (χ2n) is 7.95. The number of nitrogen functional groups attached to an aromatic ring is 1.